The third-order valence-electron chi connectivity index (χ3n) is 6.43. The molecule has 7 nitrogen and oxygen atoms in total. The van der Waals surface area contributed by atoms with Crippen LogP contribution in [0.3, 0.4) is 0 Å². The average molecular weight is 512 g/mol. The average Bonchev–Trinajstić information content (AvgIpc) is 3.16. The molecule has 3 aromatic rings. The van der Waals surface area contributed by atoms with Crippen LogP contribution in [0.25, 0.3) is 11.0 Å². The number of nitrogens with zero attached hydrogens (tertiary/aromatic N) is 1. The lowest BCUT2D eigenvalue weighted by atomic mass is 9.98. The van der Waals surface area contributed by atoms with Gasteiger partial charge in [-0.05, 0) is 62.6 Å². The molecule has 8 heteroatoms. The van der Waals surface area contributed by atoms with Crippen LogP contribution in [0.2, 0.25) is 0 Å². The minimum Gasteiger partial charge on any atom is -0.493 e. The Bertz CT molecular complexity index is 1320. The second kappa shape index (κ2) is 11.8. The van der Waals surface area contributed by atoms with Gasteiger partial charge < -0.3 is 23.5 Å². The Kier molecular flexibility index (Phi) is 8.48. The maximum absolute atomic E-state index is 14.0. The lowest BCUT2D eigenvalue weighted by molar-refractivity contribution is 0.0593. The molecule has 1 atom stereocenters. The molecule has 0 spiro atoms. The summed E-state index contributed by atoms with van der Waals surface area (Å²) in [5.74, 6) is 0.157. The van der Waals surface area contributed by atoms with Gasteiger partial charge in [0.25, 0.3) is 5.91 Å². The number of benzene rings is 2. The summed E-state index contributed by atoms with van der Waals surface area (Å²) in [5.41, 5.74) is 0.633. The predicted octanol–water partition coefficient (Wildman–Crippen LogP) is 5.87. The van der Waals surface area contributed by atoms with Gasteiger partial charge in [-0.2, -0.15) is 0 Å². The molecule has 4 rings (SSSR count). The summed E-state index contributed by atoms with van der Waals surface area (Å²) in [6.45, 7) is 7.41. The van der Waals surface area contributed by atoms with E-state index < -0.39 is 17.3 Å². The summed E-state index contributed by atoms with van der Waals surface area (Å²) in [6.07, 6.45) is 3.74. The van der Waals surface area contributed by atoms with E-state index in [-0.39, 0.29) is 34.3 Å². The van der Waals surface area contributed by atoms with Gasteiger partial charge in [0.2, 0.25) is 5.76 Å². The Balaban J connectivity index is 1.75. The maximum Gasteiger partial charge on any atom is 0.290 e. The number of ether oxygens (including phenoxy) is 3. The Labute approximate surface area is 216 Å². The van der Waals surface area contributed by atoms with E-state index in [4.69, 9.17) is 18.6 Å². The van der Waals surface area contributed by atoms with E-state index in [0.717, 1.165) is 25.3 Å². The van der Waals surface area contributed by atoms with Crippen molar-refractivity contribution in [2.24, 2.45) is 0 Å². The highest BCUT2D eigenvalue weighted by atomic mass is 19.1. The van der Waals surface area contributed by atoms with Crippen LogP contribution in [0, 0.1) is 5.82 Å². The van der Waals surface area contributed by atoms with Crippen LogP contribution in [-0.4, -0.2) is 43.8 Å². The predicted molar refractivity (Wildman–Crippen MR) is 139 cm³/mol. The van der Waals surface area contributed by atoms with Gasteiger partial charge in [-0.3, -0.25) is 9.59 Å². The summed E-state index contributed by atoms with van der Waals surface area (Å²) in [5, 5.41) is 0.101. The van der Waals surface area contributed by atoms with Crippen molar-refractivity contribution in [3.63, 3.8) is 0 Å². The number of hydrogen-bond donors (Lipinski definition) is 0. The highest BCUT2D eigenvalue weighted by molar-refractivity contribution is 5.99. The Hall–Kier alpha value is -3.39. The molecule has 1 unspecified atom stereocenters. The van der Waals surface area contributed by atoms with Gasteiger partial charge in [0.1, 0.15) is 11.4 Å². The first-order chi connectivity index (χ1) is 17.8. The number of carbonyl (C=O) groups is 1. The van der Waals surface area contributed by atoms with E-state index in [1.165, 1.54) is 12.1 Å². The number of carbonyl (C=O) groups excluding carboxylic acids is 1. The number of fused-ring (bicyclic) bond motifs is 2. The van der Waals surface area contributed by atoms with Gasteiger partial charge in [0.05, 0.1) is 36.8 Å². The lowest BCUT2D eigenvalue weighted by Gasteiger charge is -2.26. The molecule has 0 saturated carbocycles. The van der Waals surface area contributed by atoms with Crippen molar-refractivity contribution in [1.29, 1.82) is 0 Å². The molecule has 1 amide bonds. The van der Waals surface area contributed by atoms with E-state index in [1.54, 1.807) is 24.1 Å². The van der Waals surface area contributed by atoms with Crippen LogP contribution in [0.5, 0.6) is 11.5 Å². The molecule has 1 aromatic heterocycles. The van der Waals surface area contributed by atoms with Crippen molar-refractivity contribution in [2.75, 3.05) is 26.9 Å². The zero-order valence-electron chi connectivity index (χ0n) is 21.8. The van der Waals surface area contributed by atoms with Crippen molar-refractivity contribution in [3.8, 4) is 11.5 Å². The van der Waals surface area contributed by atoms with Gasteiger partial charge in [-0.25, -0.2) is 4.39 Å². The van der Waals surface area contributed by atoms with Crippen LogP contribution in [0.15, 0.2) is 45.6 Å². The fourth-order valence-corrected chi connectivity index (χ4v) is 4.63. The lowest BCUT2D eigenvalue weighted by Crippen LogP contribution is -2.31. The molecule has 0 aliphatic carbocycles. The normalized spacial score (nSPS) is 15.0. The molecular formula is C29H34FNO6. The second-order valence-corrected chi connectivity index (χ2v) is 9.45. The van der Waals surface area contributed by atoms with Crippen molar-refractivity contribution in [2.45, 2.75) is 58.6 Å². The first-order valence-electron chi connectivity index (χ1n) is 12.8. The van der Waals surface area contributed by atoms with E-state index >= 15 is 0 Å². The van der Waals surface area contributed by atoms with Gasteiger partial charge >= 0.3 is 0 Å². The van der Waals surface area contributed by atoms with Crippen molar-refractivity contribution in [1.82, 2.24) is 4.90 Å². The number of rotatable bonds is 12. The quantitative estimate of drug-likeness (QED) is 0.283. The third kappa shape index (κ3) is 5.64. The zero-order chi connectivity index (χ0) is 26.5. The molecule has 0 bridgehead atoms. The molecule has 2 heterocycles. The van der Waals surface area contributed by atoms with E-state index in [0.29, 0.717) is 43.2 Å². The van der Waals surface area contributed by atoms with Gasteiger partial charge in [-0.1, -0.05) is 25.8 Å². The maximum atomic E-state index is 14.0. The summed E-state index contributed by atoms with van der Waals surface area (Å²) in [6, 6.07) is 8.43. The van der Waals surface area contributed by atoms with Gasteiger partial charge in [0.15, 0.2) is 16.9 Å². The van der Waals surface area contributed by atoms with Crippen LogP contribution < -0.4 is 14.9 Å². The molecule has 1 aliphatic rings. The highest BCUT2D eigenvalue weighted by Gasteiger charge is 2.42. The van der Waals surface area contributed by atoms with Crippen LogP contribution in [-0.2, 0) is 4.74 Å². The highest BCUT2D eigenvalue weighted by Crippen LogP contribution is 2.41. The first kappa shape index (κ1) is 26.7. The topological polar surface area (TPSA) is 78.2 Å². The van der Waals surface area contributed by atoms with Crippen LogP contribution in [0.1, 0.15) is 74.2 Å². The summed E-state index contributed by atoms with van der Waals surface area (Å²) >= 11 is 0. The summed E-state index contributed by atoms with van der Waals surface area (Å²) < 4.78 is 37.1. The van der Waals surface area contributed by atoms with E-state index in [1.807, 2.05) is 19.9 Å². The molecule has 0 N–H and O–H groups in total. The zero-order valence-corrected chi connectivity index (χ0v) is 21.8. The minimum atomic E-state index is -0.714. The second-order valence-electron chi connectivity index (χ2n) is 9.45. The van der Waals surface area contributed by atoms with Crippen molar-refractivity contribution in [3.05, 3.63) is 69.3 Å². The number of unbranched alkanes of at least 4 members (excludes halogenated alkanes) is 2. The van der Waals surface area contributed by atoms with Gasteiger partial charge in [0, 0.05) is 13.2 Å². The Morgan fingerprint density at radius 2 is 1.84 bits per heavy atom. The third-order valence-corrected chi connectivity index (χ3v) is 6.43. The van der Waals surface area contributed by atoms with Crippen LogP contribution in [0.4, 0.5) is 4.39 Å². The molecule has 0 radical (unpaired) electrons. The van der Waals surface area contributed by atoms with Crippen molar-refractivity contribution < 1.29 is 27.8 Å². The van der Waals surface area contributed by atoms with E-state index in [9.17, 15) is 14.0 Å². The monoisotopic (exact) mass is 511 g/mol. The molecule has 37 heavy (non-hydrogen) atoms. The fourth-order valence-electron chi connectivity index (χ4n) is 4.63. The minimum absolute atomic E-state index is 0.0160. The van der Waals surface area contributed by atoms with Crippen molar-refractivity contribution >= 4 is 16.9 Å². The number of halogens is 1. The smallest absolute Gasteiger partial charge is 0.290 e. The number of amides is 1. The molecule has 0 saturated heterocycles. The van der Waals surface area contributed by atoms with E-state index in [2.05, 4.69) is 6.92 Å². The summed E-state index contributed by atoms with van der Waals surface area (Å²) in [4.78, 5) is 28.7. The Morgan fingerprint density at radius 3 is 2.57 bits per heavy atom. The summed E-state index contributed by atoms with van der Waals surface area (Å²) in [7, 11) is 1.55. The Morgan fingerprint density at radius 1 is 1.03 bits per heavy atom. The SMILES string of the molecule is CCCCCOc1ccc(C2c3c(oc4ccc(F)cc4c3=O)C(=O)N2CCCOC(C)C)cc1OC. The number of methoxy groups -OCH3 is 1. The molecular weight excluding hydrogens is 477 g/mol. The van der Waals surface area contributed by atoms with Gasteiger partial charge in [-0.15, -0.1) is 0 Å². The first-order valence-corrected chi connectivity index (χ1v) is 12.8. The molecule has 198 valence electrons. The van der Waals surface area contributed by atoms with Crippen LogP contribution >= 0.6 is 0 Å². The fraction of sp³-hybridized carbons (Fsp3) is 0.448. The molecule has 0 fully saturated rings. The molecule has 2 aromatic carbocycles. The molecule has 1 aliphatic heterocycles. The standard InChI is InChI=1S/C29H34FNO6/c1-5-6-7-14-36-23-11-9-19(16-24(23)34-4)26-25-27(32)21-17-20(30)10-12-22(21)37-28(25)29(33)31(26)13-8-15-35-18(2)3/h9-12,16-18,26H,5-8,13-15H2,1-4H3. The number of hydrogen-bond acceptors (Lipinski definition) is 6. The largest absolute Gasteiger partial charge is 0.493 e.